The van der Waals surface area contributed by atoms with E-state index in [4.69, 9.17) is 4.74 Å². The van der Waals surface area contributed by atoms with Crippen molar-refractivity contribution in [3.05, 3.63) is 52.4 Å². The van der Waals surface area contributed by atoms with Gasteiger partial charge in [0.25, 0.3) is 5.56 Å². The molecule has 2 aliphatic rings. The van der Waals surface area contributed by atoms with E-state index < -0.39 is 24.3 Å². The molecule has 158 valence electrons. The molecule has 0 bridgehead atoms. The Balaban J connectivity index is 1.57. The third-order valence-corrected chi connectivity index (χ3v) is 5.69. The molecule has 5 rings (SSSR count). The molecule has 0 radical (unpaired) electrons. The summed E-state index contributed by atoms with van der Waals surface area (Å²) in [5, 5.41) is 0.851. The minimum atomic E-state index is -4.49. The number of aromatic nitrogens is 3. The first kappa shape index (κ1) is 19.0. The number of H-pyrrole nitrogens is 1. The normalized spacial score (nSPS) is 19.5. The van der Waals surface area contributed by atoms with Crippen molar-refractivity contribution in [1.29, 1.82) is 0 Å². The van der Waals surface area contributed by atoms with Crippen LogP contribution < -0.4 is 15.4 Å². The second-order valence-corrected chi connectivity index (χ2v) is 7.51. The number of fused-ring (bicyclic) bond motifs is 2. The van der Waals surface area contributed by atoms with Crippen LogP contribution in [0.2, 0.25) is 0 Å². The Morgan fingerprint density at radius 2 is 1.97 bits per heavy atom. The van der Waals surface area contributed by atoms with Gasteiger partial charge in [-0.2, -0.15) is 18.2 Å². The fraction of sp³-hybridized carbons (Fsp3) is 0.400. The van der Waals surface area contributed by atoms with Crippen molar-refractivity contribution < 1.29 is 17.9 Å². The predicted octanol–water partition coefficient (Wildman–Crippen LogP) is 2.51. The molecule has 0 unspecified atom stereocenters. The third-order valence-electron chi connectivity index (χ3n) is 5.69. The Labute approximate surface area is 169 Å². The quantitative estimate of drug-likeness (QED) is 0.707. The first-order chi connectivity index (χ1) is 14.4. The highest BCUT2D eigenvalue weighted by Gasteiger charge is 2.49. The lowest BCUT2D eigenvalue weighted by Crippen LogP contribution is -2.43. The van der Waals surface area contributed by atoms with Crippen LogP contribution in [0.15, 0.2) is 41.3 Å². The summed E-state index contributed by atoms with van der Waals surface area (Å²) in [7, 11) is 0. The minimum absolute atomic E-state index is 0.00675. The second kappa shape index (κ2) is 7.05. The first-order valence-corrected chi connectivity index (χ1v) is 9.75. The lowest BCUT2D eigenvalue weighted by atomic mass is 10.1. The Bertz CT molecular complexity index is 1130. The van der Waals surface area contributed by atoms with Gasteiger partial charge in [-0.25, -0.2) is 0 Å². The van der Waals surface area contributed by atoms with Gasteiger partial charge in [-0.3, -0.25) is 9.36 Å². The van der Waals surface area contributed by atoms with Crippen molar-refractivity contribution in [3.63, 3.8) is 0 Å². The Morgan fingerprint density at radius 1 is 1.20 bits per heavy atom. The summed E-state index contributed by atoms with van der Waals surface area (Å²) in [6.45, 7) is 1.60. The minimum Gasteiger partial charge on any atom is -0.378 e. The number of para-hydroxylation sites is 1. The van der Waals surface area contributed by atoms with Gasteiger partial charge >= 0.3 is 6.18 Å². The van der Waals surface area contributed by atoms with Crippen molar-refractivity contribution in [3.8, 4) is 0 Å². The average Bonchev–Trinajstić information content (AvgIpc) is 3.31. The van der Waals surface area contributed by atoms with Crippen molar-refractivity contribution in [2.45, 2.75) is 25.3 Å². The van der Waals surface area contributed by atoms with Crippen LogP contribution in [0.3, 0.4) is 0 Å². The molecule has 0 spiro atoms. The molecule has 2 aromatic heterocycles. The van der Waals surface area contributed by atoms with E-state index in [1.54, 1.807) is 6.20 Å². The summed E-state index contributed by atoms with van der Waals surface area (Å²) >= 11 is 0. The van der Waals surface area contributed by atoms with Gasteiger partial charge in [0.2, 0.25) is 5.95 Å². The van der Waals surface area contributed by atoms with Crippen molar-refractivity contribution >= 4 is 22.7 Å². The Hall–Kier alpha value is -3.01. The van der Waals surface area contributed by atoms with E-state index in [-0.39, 0.29) is 12.5 Å². The predicted molar refractivity (Wildman–Crippen MR) is 106 cm³/mol. The number of benzene rings is 1. The maximum Gasteiger partial charge on any atom is 0.410 e. The first-order valence-electron chi connectivity index (χ1n) is 9.75. The SMILES string of the molecule is O=c1cc(N2CCOCC2)nc2n1C[C@@H](C(F)(F)F)N2Cc1c[nH]c2ccccc12. The molecule has 7 nitrogen and oxygen atoms in total. The molecule has 3 aromatic rings. The van der Waals surface area contributed by atoms with Gasteiger partial charge in [0, 0.05) is 42.8 Å². The molecule has 4 heterocycles. The van der Waals surface area contributed by atoms with Crippen molar-refractivity contribution in [2.24, 2.45) is 0 Å². The third kappa shape index (κ3) is 3.20. The van der Waals surface area contributed by atoms with Crippen LogP contribution in [0.4, 0.5) is 24.9 Å². The smallest absolute Gasteiger partial charge is 0.378 e. The monoisotopic (exact) mass is 419 g/mol. The van der Waals surface area contributed by atoms with Crippen LogP contribution in [0.1, 0.15) is 5.56 Å². The van der Waals surface area contributed by atoms with E-state index in [2.05, 4.69) is 9.97 Å². The summed E-state index contributed by atoms with van der Waals surface area (Å²) in [6, 6.07) is 6.95. The van der Waals surface area contributed by atoms with Crippen molar-refractivity contribution in [2.75, 3.05) is 36.1 Å². The topological polar surface area (TPSA) is 66.4 Å². The van der Waals surface area contributed by atoms with Gasteiger partial charge in [0.1, 0.15) is 11.9 Å². The van der Waals surface area contributed by atoms with Gasteiger partial charge in [-0.15, -0.1) is 0 Å². The van der Waals surface area contributed by atoms with Gasteiger partial charge in [-0.1, -0.05) is 18.2 Å². The van der Waals surface area contributed by atoms with Crippen LogP contribution in [0.5, 0.6) is 0 Å². The van der Waals surface area contributed by atoms with Crippen LogP contribution in [0, 0.1) is 0 Å². The zero-order valence-electron chi connectivity index (χ0n) is 16.0. The average molecular weight is 419 g/mol. The summed E-state index contributed by atoms with van der Waals surface area (Å²) in [4.78, 5) is 23.3. The molecule has 1 fully saturated rings. The lowest BCUT2D eigenvalue weighted by Gasteiger charge is -2.29. The molecule has 10 heteroatoms. The molecule has 30 heavy (non-hydrogen) atoms. The molecule has 1 aromatic carbocycles. The summed E-state index contributed by atoms with van der Waals surface area (Å²) in [6.07, 6.45) is -2.78. The maximum absolute atomic E-state index is 13.9. The van der Waals surface area contributed by atoms with Gasteiger partial charge in [0.15, 0.2) is 0 Å². The highest BCUT2D eigenvalue weighted by atomic mass is 19.4. The number of anilines is 2. The zero-order chi connectivity index (χ0) is 20.9. The highest BCUT2D eigenvalue weighted by molar-refractivity contribution is 5.83. The Kier molecular flexibility index (Phi) is 4.46. The number of rotatable bonds is 3. The van der Waals surface area contributed by atoms with E-state index in [9.17, 15) is 18.0 Å². The molecule has 0 saturated carbocycles. The van der Waals surface area contributed by atoms with Crippen LogP contribution in [0.25, 0.3) is 10.9 Å². The highest BCUT2D eigenvalue weighted by Crippen LogP contribution is 2.36. The Morgan fingerprint density at radius 3 is 2.73 bits per heavy atom. The van der Waals surface area contributed by atoms with Gasteiger partial charge in [-0.05, 0) is 11.6 Å². The second-order valence-electron chi connectivity index (χ2n) is 7.51. The van der Waals surface area contributed by atoms with E-state index in [1.165, 1.54) is 11.0 Å². The largest absolute Gasteiger partial charge is 0.410 e. The van der Waals surface area contributed by atoms with Gasteiger partial charge in [0.05, 0.1) is 19.8 Å². The number of nitrogens with one attached hydrogen (secondary N) is 1. The van der Waals surface area contributed by atoms with Crippen LogP contribution >= 0.6 is 0 Å². The molecule has 0 amide bonds. The molecule has 1 atom stereocenters. The number of nitrogens with zero attached hydrogens (tertiary/aromatic N) is 4. The standard InChI is InChI=1S/C20H20F3N5O2/c21-20(22,23)16-12-28-18(29)9-17(26-5-7-30-8-6-26)25-19(28)27(16)11-13-10-24-15-4-2-1-3-14(13)15/h1-4,9-10,16,24H,5-8,11-12H2/t16-/m0/s1. The van der Waals surface area contributed by atoms with E-state index >= 15 is 0 Å². The van der Waals surface area contributed by atoms with Gasteiger partial charge < -0.3 is 19.5 Å². The molecule has 1 saturated heterocycles. The molecular formula is C20H20F3N5O2. The fourth-order valence-electron chi connectivity index (χ4n) is 4.15. The molecular weight excluding hydrogens is 399 g/mol. The molecule has 1 N–H and O–H groups in total. The van der Waals surface area contributed by atoms with E-state index in [0.29, 0.717) is 32.1 Å². The zero-order valence-corrected chi connectivity index (χ0v) is 16.0. The summed E-state index contributed by atoms with van der Waals surface area (Å²) < 4.78 is 48.1. The maximum atomic E-state index is 13.9. The summed E-state index contributed by atoms with van der Waals surface area (Å²) in [5.41, 5.74) is 1.10. The molecule has 0 aliphatic carbocycles. The van der Waals surface area contributed by atoms with Crippen LogP contribution in [-0.4, -0.2) is 53.1 Å². The number of ether oxygens (including phenoxy) is 1. The van der Waals surface area contributed by atoms with E-state index in [1.807, 2.05) is 29.2 Å². The fourth-order valence-corrected chi connectivity index (χ4v) is 4.15. The lowest BCUT2D eigenvalue weighted by molar-refractivity contribution is -0.149. The number of halogens is 3. The molecule has 2 aliphatic heterocycles. The van der Waals surface area contributed by atoms with Crippen molar-refractivity contribution in [1.82, 2.24) is 14.5 Å². The number of alkyl halides is 3. The van der Waals surface area contributed by atoms with E-state index in [0.717, 1.165) is 21.0 Å². The summed E-state index contributed by atoms with van der Waals surface area (Å²) in [5.74, 6) is 0.442. The number of hydrogen-bond acceptors (Lipinski definition) is 5. The van der Waals surface area contributed by atoms with Crippen LogP contribution in [-0.2, 0) is 17.8 Å². The number of hydrogen-bond donors (Lipinski definition) is 1. The number of aromatic amines is 1. The number of morpholine rings is 1.